The van der Waals surface area contributed by atoms with E-state index in [1.165, 1.54) is 10.6 Å². The number of amides is 1. The number of nitrogens with zero attached hydrogens (tertiary/aromatic N) is 6. The minimum absolute atomic E-state index is 0.0377. The highest BCUT2D eigenvalue weighted by atomic mass is 35.5. The van der Waals surface area contributed by atoms with Gasteiger partial charge in [-0.2, -0.15) is 10.1 Å². The van der Waals surface area contributed by atoms with Gasteiger partial charge >= 0.3 is 5.69 Å². The molecule has 0 radical (unpaired) electrons. The lowest BCUT2D eigenvalue weighted by Crippen LogP contribution is -2.60. The summed E-state index contributed by atoms with van der Waals surface area (Å²) in [4.78, 5) is 40.5. The summed E-state index contributed by atoms with van der Waals surface area (Å²) in [6.45, 7) is 14.7. The molecule has 2 unspecified atom stereocenters. The summed E-state index contributed by atoms with van der Waals surface area (Å²) in [6.07, 6.45) is 5.28. The molecule has 2 atom stereocenters. The van der Waals surface area contributed by atoms with Gasteiger partial charge in [-0.15, -0.1) is 0 Å². The number of H-pyrrole nitrogens is 1. The second-order valence-corrected chi connectivity index (χ2v) is 13.2. The lowest BCUT2D eigenvalue weighted by molar-refractivity contribution is -0.128. The van der Waals surface area contributed by atoms with Crippen molar-refractivity contribution in [3.63, 3.8) is 0 Å². The lowest BCUT2D eigenvalue weighted by atomic mass is 9.93. The first kappa shape index (κ1) is 30.9. The molecule has 2 aliphatic heterocycles. The fourth-order valence-corrected chi connectivity index (χ4v) is 7.63. The quantitative estimate of drug-likeness (QED) is 0.220. The van der Waals surface area contributed by atoms with Crippen LogP contribution in [-0.2, 0) is 4.79 Å². The maximum Gasteiger partial charge on any atom is 0.354 e. The van der Waals surface area contributed by atoms with Crippen molar-refractivity contribution in [1.82, 2.24) is 29.6 Å². The minimum atomic E-state index is -0.550. The molecule has 12 heteroatoms. The van der Waals surface area contributed by atoms with E-state index in [2.05, 4.69) is 27.1 Å². The normalized spacial score (nSPS) is 17.9. The van der Waals surface area contributed by atoms with Crippen LogP contribution < -0.4 is 15.9 Å². The molecule has 7 rings (SSSR count). The average Bonchev–Trinajstić information content (AvgIpc) is 3.52. The van der Waals surface area contributed by atoms with E-state index >= 15 is 4.39 Å². The van der Waals surface area contributed by atoms with E-state index in [4.69, 9.17) is 16.6 Å². The highest BCUT2D eigenvalue weighted by molar-refractivity contribution is 6.39. The van der Waals surface area contributed by atoms with Gasteiger partial charge in [0.2, 0.25) is 5.91 Å². The first-order chi connectivity index (χ1) is 22.5. The van der Waals surface area contributed by atoms with Gasteiger partial charge in [0.05, 0.1) is 44.7 Å². The summed E-state index contributed by atoms with van der Waals surface area (Å²) in [5.41, 5.74) is 4.40. The minimum Gasteiger partial charge on any atom is -0.382 e. The van der Waals surface area contributed by atoms with Crippen molar-refractivity contribution >= 4 is 50.8 Å². The Labute approximate surface area is 276 Å². The second-order valence-electron chi connectivity index (χ2n) is 12.8. The smallest absolute Gasteiger partial charge is 0.354 e. The number of hydrogen-bond acceptors (Lipinski definition) is 7. The largest absolute Gasteiger partial charge is 0.382 e. The fraction of sp³-hybridized carbons (Fsp3) is 0.343. The molecule has 0 bridgehead atoms. The van der Waals surface area contributed by atoms with Gasteiger partial charge in [0, 0.05) is 54.4 Å². The van der Waals surface area contributed by atoms with Gasteiger partial charge < -0.3 is 15.1 Å². The van der Waals surface area contributed by atoms with Crippen molar-refractivity contribution in [3.8, 4) is 16.8 Å². The zero-order valence-electron chi connectivity index (χ0n) is 27.0. The highest BCUT2D eigenvalue weighted by Gasteiger charge is 2.39. The third-order valence-electron chi connectivity index (χ3n) is 9.55. The molecule has 2 aliphatic rings. The molecule has 3 aromatic heterocycles. The van der Waals surface area contributed by atoms with Crippen LogP contribution in [0.2, 0.25) is 5.02 Å². The Morgan fingerprint density at radius 1 is 1.17 bits per heavy atom. The van der Waals surface area contributed by atoms with Crippen LogP contribution in [0.4, 0.5) is 15.9 Å². The van der Waals surface area contributed by atoms with Crippen molar-refractivity contribution < 1.29 is 9.18 Å². The zero-order valence-corrected chi connectivity index (χ0v) is 27.7. The standard InChI is InChI=1S/C35H36ClFN8O2/c1-7-24(46)43-16-21-11-13-39-31-27-33(28(36)26(29(31)37)25-18(4)8-9-23-22(25)14-40-42-23)45(32-19(5)10-12-38-30(32)17(2)3)35(47)41-34(27)44(21)15-20(43)6/h7-10,12,14,17,20-21,39H,1,11,13,15-16H2,2-6H3,(H,40,42). The topological polar surface area (TPSA) is 112 Å². The van der Waals surface area contributed by atoms with Gasteiger partial charge in [-0.25, -0.2) is 9.18 Å². The van der Waals surface area contributed by atoms with E-state index in [0.29, 0.717) is 65.1 Å². The summed E-state index contributed by atoms with van der Waals surface area (Å²) in [7, 11) is 0. The maximum atomic E-state index is 17.3. The highest BCUT2D eigenvalue weighted by Crippen LogP contribution is 2.48. The molecule has 0 aliphatic carbocycles. The number of nitrogens with one attached hydrogen (secondary N) is 2. The molecule has 5 heterocycles. The Bertz CT molecular complexity index is 2170. The molecule has 1 amide bonds. The number of benzene rings is 2. The fourth-order valence-electron chi connectivity index (χ4n) is 7.27. The number of aromatic nitrogens is 5. The lowest BCUT2D eigenvalue weighted by Gasteiger charge is -2.46. The Morgan fingerprint density at radius 3 is 2.70 bits per heavy atom. The third-order valence-corrected chi connectivity index (χ3v) is 9.92. The maximum absolute atomic E-state index is 17.3. The van der Waals surface area contributed by atoms with Crippen molar-refractivity contribution in [2.75, 3.05) is 29.9 Å². The van der Waals surface area contributed by atoms with E-state index in [-0.39, 0.29) is 40.2 Å². The van der Waals surface area contributed by atoms with Gasteiger partial charge in [-0.3, -0.25) is 19.4 Å². The number of piperazine rings is 1. The molecule has 2 N–H and O–H groups in total. The molecular weight excluding hydrogens is 619 g/mol. The molecule has 47 heavy (non-hydrogen) atoms. The molecule has 0 saturated carbocycles. The SMILES string of the molecule is C=CC(=O)N1CC2CCNc3c(F)c(-c4c(C)ccc5[nH]ncc45)c(Cl)c4c3c(nc(=O)n4-c3c(C)ccnc3C(C)C)N2CC1C. The summed E-state index contributed by atoms with van der Waals surface area (Å²) >= 11 is 7.45. The summed E-state index contributed by atoms with van der Waals surface area (Å²) in [5.74, 6) is -0.392. The number of aryl methyl sites for hydroxylation is 2. The van der Waals surface area contributed by atoms with Crippen LogP contribution in [0.25, 0.3) is 38.6 Å². The molecule has 2 aromatic carbocycles. The van der Waals surface area contributed by atoms with Crippen LogP contribution in [0.15, 0.2) is 48.0 Å². The molecular formula is C35H36ClFN8O2. The monoisotopic (exact) mass is 654 g/mol. The van der Waals surface area contributed by atoms with E-state index < -0.39 is 11.5 Å². The number of carbonyl (C=O) groups excluding carboxylic acids is 1. The number of aromatic amines is 1. The van der Waals surface area contributed by atoms with Crippen LogP contribution in [0.5, 0.6) is 0 Å². The van der Waals surface area contributed by atoms with Crippen LogP contribution in [0, 0.1) is 19.7 Å². The molecule has 10 nitrogen and oxygen atoms in total. The predicted octanol–water partition coefficient (Wildman–Crippen LogP) is 6.26. The van der Waals surface area contributed by atoms with E-state index in [1.54, 1.807) is 17.3 Å². The Balaban J connectivity index is 1.64. The number of pyridine rings is 1. The Kier molecular flexibility index (Phi) is 7.54. The number of carbonyl (C=O) groups is 1. The van der Waals surface area contributed by atoms with E-state index in [0.717, 1.165) is 16.6 Å². The molecule has 5 aromatic rings. The van der Waals surface area contributed by atoms with Crippen LogP contribution in [0.1, 0.15) is 49.9 Å². The first-order valence-electron chi connectivity index (χ1n) is 15.8. The predicted molar refractivity (Wildman–Crippen MR) is 184 cm³/mol. The van der Waals surface area contributed by atoms with Gasteiger partial charge in [-0.05, 0) is 62.4 Å². The van der Waals surface area contributed by atoms with Crippen LogP contribution in [-0.4, -0.2) is 67.3 Å². The van der Waals surface area contributed by atoms with Crippen molar-refractivity contribution in [1.29, 1.82) is 0 Å². The number of rotatable bonds is 4. The molecule has 1 saturated heterocycles. The number of anilines is 2. The van der Waals surface area contributed by atoms with E-state index in [9.17, 15) is 9.59 Å². The summed E-state index contributed by atoms with van der Waals surface area (Å²) in [5, 5.41) is 11.8. The number of hydrogen-bond donors (Lipinski definition) is 2. The summed E-state index contributed by atoms with van der Waals surface area (Å²) < 4.78 is 18.8. The van der Waals surface area contributed by atoms with Crippen molar-refractivity contribution in [3.05, 3.63) is 81.4 Å². The average molecular weight is 655 g/mol. The molecule has 0 spiro atoms. The number of fused-ring (bicyclic) bond motifs is 3. The van der Waals surface area contributed by atoms with Gasteiger partial charge in [0.1, 0.15) is 5.82 Å². The summed E-state index contributed by atoms with van der Waals surface area (Å²) in [6, 6.07) is 5.25. The van der Waals surface area contributed by atoms with Crippen molar-refractivity contribution in [2.45, 2.75) is 59.0 Å². The third kappa shape index (κ3) is 4.70. The molecule has 1 fully saturated rings. The van der Waals surface area contributed by atoms with Crippen LogP contribution in [0.3, 0.4) is 0 Å². The van der Waals surface area contributed by atoms with Gasteiger partial charge in [0.15, 0.2) is 5.82 Å². The van der Waals surface area contributed by atoms with Gasteiger partial charge in [0.25, 0.3) is 0 Å². The van der Waals surface area contributed by atoms with Crippen LogP contribution >= 0.6 is 11.6 Å². The first-order valence-corrected chi connectivity index (χ1v) is 16.2. The second kappa shape index (κ2) is 11.5. The molecule has 242 valence electrons. The Morgan fingerprint density at radius 2 is 1.96 bits per heavy atom. The number of halogens is 2. The van der Waals surface area contributed by atoms with E-state index in [1.807, 2.05) is 57.7 Å². The van der Waals surface area contributed by atoms with Crippen molar-refractivity contribution in [2.24, 2.45) is 0 Å². The zero-order chi connectivity index (χ0) is 33.3. The van der Waals surface area contributed by atoms with Gasteiger partial charge in [-0.1, -0.05) is 38.1 Å². The Hall–Kier alpha value is -4.77.